The van der Waals surface area contributed by atoms with E-state index >= 15 is 0 Å². The quantitative estimate of drug-likeness (QED) is 0.429. The maximum Gasteiger partial charge on any atom is 0.251 e. The Kier molecular flexibility index (Phi) is 6.49. The highest BCUT2D eigenvalue weighted by Gasteiger charge is 2.15. The van der Waals surface area contributed by atoms with Gasteiger partial charge in [-0.15, -0.1) is 0 Å². The number of hydrogen-bond acceptors (Lipinski definition) is 5. The van der Waals surface area contributed by atoms with Gasteiger partial charge in [-0.05, 0) is 54.4 Å². The second-order valence-electron chi connectivity index (χ2n) is 7.74. The van der Waals surface area contributed by atoms with Crippen LogP contribution in [0.5, 0.6) is 17.2 Å². The summed E-state index contributed by atoms with van der Waals surface area (Å²) in [4.78, 5) is 13.0. The number of rotatable bonds is 8. The molecule has 170 valence electrons. The van der Waals surface area contributed by atoms with Crippen molar-refractivity contribution in [1.82, 2.24) is 15.1 Å². The Balaban J connectivity index is 1.54. The molecular weight excluding hydrogens is 418 g/mol. The Labute approximate surface area is 192 Å². The SMILES string of the molecule is COc1cccc(Cn2ncc3ccc(C(=O)NC(C)c4ccc(OC)c(OC)c4)cc32)c1. The number of fused-ring (bicyclic) bond motifs is 1. The number of benzene rings is 3. The van der Waals surface area contributed by atoms with Gasteiger partial charge in [-0.3, -0.25) is 9.48 Å². The van der Waals surface area contributed by atoms with Crippen LogP contribution in [0.4, 0.5) is 0 Å². The average molecular weight is 446 g/mol. The molecular formula is C26H27N3O4. The van der Waals surface area contributed by atoms with Crippen molar-refractivity contribution in [2.24, 2.45) is 0 Å². The van der Waals surface area contributed by atoms with Crippen LogP contribution >= 0.6 is 0 Å². The van der Waals surface area contributed by atoms with Crippen LogP contribution < -0.4 is 19.5 Å². The molecule has 1 atom stereocenters. The molecule has 4 rings (SSSR count). The van der Waals surface area contributed by atoms with Gasteiger partial charge < -0.3 is 19.5 Å². The van der Waals surface area contributed by atoms with E-state index in [9.17, 15) is 4.79 Å². The lowest BCUT2D eigenvalue weighted by molar-refractivity contribution is 0.0940. The molecule has 0 bridgehead atoms. The van der Waals surface area contributed by atoms with Gasteiger partial charge in [-0.25, -0.2) is 0 Å². The van der Waals surface area contributed by atoms with Crippen molar-refractivity contribution in [3.8, 4) is 17.2 Å². The van der Waals surface area contributed by atoms with E-state index in [0.29, 0.717) is 23.6 Å². The Morgan fingerprint density at radius 3 is 2.55 bits per heavy atom. The van der Waals surface area contributed by atoms with Crippen molar-refractivity contribution < 1.29 is 19.0 Å². The van der Waals surface area contributed by atoms with Crippen LogP contribution in [0, 0.1) is 0 Å². The van der Waals surface area contributed by atoms with E-state index < -0.39 is 0 Å². The number of methoxy groups -OCH3 is 3. The molecule has 7 heteroatoms. The molecule has 4 aromatic rings. The highest BCUT2D eigenvalue weighted by atomic mass is 16.5. The van der Waals surface area contributed by atoms with Gasteiger partial charge in [0.1, 0.15) is 5.75 Å². The number of nitrogens with one attached hydrogen (secondary N) is 1. The monoisotopic (exact) mass is 445 g/mol. The van der Waals surface area contributed by atoms with Gasteiger partial charge in [-0.1, -0.05) is 24.3 Å². The Morgan fingerprint density at radius 1 is 0.970 bits per heavy atom. The molecule has 0 radical (unpaired) electrons. The molecule has 3 aromatic carbocycles. The third-order valence-electron chi connectivity index (χ3n) is 5.63. The molecule has 1 heterocycles. The molecule has 1 unspecified atom stereocenters. The lowest BCUT2D eigenvalue weighted by Crippen LogP contribution is -2.26. The van der Waals surface area contributed by atoms with Crippen LogP contribution in [0.1, 0.15) is 34.5 Å². The van der Waals surface area contributed by atoms with E-state index in [1.54, 1.807) is 21.3 Å². The number of nitrogens with zero attached hydrogens (tertiary/aromatic N) is 2. The summed E-state index contributed by atoms with van der Waals surface area (Å²) in [5.41, 5.74) is 3.45. The predicted molar refractivity (Wildman–Crippen MR) is 127 cm³/mol. The molecule has 0 saturated heterocycles. The molecule has 0 aliphatic carbocycles. The van der Waals surface area contributed by atoms with E-state index in [1.807, 2.05) is 78.5 Å². The van der Waals surface area contributed by atoms with E-state index in [1.165, 1.54) is 0 Å². The number of amides is 1. The van der Waals surface area contributed by atoms with Gasteiger partial charge >= 0.3 is 0 Å². The van der Waals surface area contributed by atoms with Gasteiger partial charge in [0.05, 0.1) is 45.6 Å². The first kappa shape index (κ1) is 22.2. The zero-order valence-corrected chi connectivity index (χ0v) is 19.2. The first-order valence-corrected chi connectivity index (χ1v) is 10.6. The largest absolute Gasteiger partial charge is 0.497 e. The van der Waals surface area contributed by atoms with E-state index in [0.717, 1.165) is 27.8 Å². The summed E-state index contributed by atoms with van der Waals surface area (Å²) >= 11 is 0. The molecule has 1 N–H and O–H groups in total. The Morgan fingerprint density at radius 2 is 1.79 bits per heavy atom. The van der Waals surface area contributed by atoms with E-state index in [4.69, 9.17) is 14.2 Å². The minimum Gasteiger partial charge on any atom is -0.497 e. The van der Waals surface area contributed by atoms with Crippen LogP contribution in [-0.4, -0.2) is 37.0 Å². The fraction of sp³-hybridized carbons (Fsp3) is 0.231. The lowest BCUT2D eigenvalue weighted by atomic mass is 10.1. The fourth-order valence-corrected chi connectivity index (χ4v) is 3.77. The second-order valence-corrected chi connectivity index (χ2v) is 7.74. The summed E-state index contributed by atoms with van der Waals surface area (Å²) in [6.45, 7) is 2.51. The van der Waals surface area contributed by atoms with Crippen LogP contribution in [-0.2, 0) is 6.54 Å². The molecule has 0 aliphatic heterocycles. The molecule has 0 aliphatic rings. The molecule has 0 fully saturated rings. The van der Waals surface area contributed by atoms with Crippen LogP contribution in [0.15, 0.2) is 66.9 Å². The van der Waals surface area contributed by atoms with Gasteiger partial charge in [0.25, 0.3) is 5.91 Å². The number of carbonyl (C=O) groups is 1. The summed E-state index contributed by atoms with van der Waals surface area (Å²) < 4.78 is 17.9. The minimum absolute atomic E-state index is 0.159. The number of aromatic nitrogens is 2. The van der Waals surface area contributed by atoms with Crippen LogP contribution in [0.25, 0.3) is 10.9 Å². The third-order valence-corrected chi connectivity index (χ3v) is 5.63. The Hall–Kier alpha value is -4.00. The van der Waals surface area contributed by atoms with Crippen molar-refractivity contribution >= 4 is 16.8 Å². The number of hydrogen-bond donors (Lipinski definition) is 1. The van der Waals surface area contributed by atoms with Crippen molar-refractivity contribution in [3.63, 3.8) is 0 Å². The summed E-state index contributed by atoms with van der Waals surface area (Å²) in [5, 5.41) is 8.54. The van der Waals surface area contributed by atoms with Crippen LogP contribution in [0.2, 0.25) is 0 Å². The molecule has 7 nitrogen and oxygen atoms in total. The zero-order valence-electron chi connectivity index (χ0n) is 19.2. The van der Waals surface area contributed by atoms with E-state index in [-0.39, 0.29) is 11.9 Å². The van der Waals surface area contributed by atoms with Crippen LogP contribution in [0.3, 0.4) is 0 Å². The number of ether oxygens (including phenoxy) is 3. The summed E-state index contributed by atoms with van der Waals surface area (Å²) in [5.74, 6) is 1.91. The summed E-state index contributed by atoms with van der Waals surface area (Å²) in [7, 11) is 4.84. The normalized spacial score (nSPS) is 11.8. The Bertz CT molecular complexity index is 1280. The minimum atomic E-state index is -0.213. The highest BCUT2D eigenvalue weighted by molar-refractivity contribution is 5.98. The lowest BCUT2D eigenvalue weighted by Gasteiger charge is -2.17. The van der Waals surface area contributed by atoms with Crippen molar-refractivity contribution in [2.75, 3.05) is 21.3 Å². The van der Waals surface area contributed by atoms with Crippen molar-refractivity contribution in [1.29, 1.82) is 0 Å². The topological polar surface area (TPSA) is 74.6 Å². The fourth-order valence-electron chi connectivity index (χ4n) is 3.77. The van der Waals surface area contributed by atoms with Crippen molar-refractivity contribution in [3.05, 3.63) is 83.6 Å². The molecule has 1 aromatic heterocycles. The summed E-state index contributed by atoms with van der Waals surface area (Å²) in [6, 6.07) is 18.9. The average Bonchev–Trinajstić information content (AvgIpc) is 3.25. The van der Waals surface area contributed by atoms with E-state index in [2.05, 4.69) is 10.4 Å². The second kappa shape index (κ2) is 9.65. The smallest absolute Gasteiger partial charge is 0.251 e. The van der Waals surface area contributed by atoms with Crippen molar-refractivity contribution in [2.45, 2.75) is 19.5 Å². The van der Waals surface area contributed by atoms with Gasteiger partial charge in [-0.2, -0.15) is 5.10 Å². The third kappa shape index (κ3) is 4.77. The predicted octanol–water partition coefficient (Wildman–Crippen LogP) is 4.60. The molecule has 1 amide bonds. The molecule has 0 spiro atoms. The maximum absolute atomic E-state index is 13.0. The highest BCUT2D eigenvalue weighted by Crippen LogP contribution is 2.30. The first-order chi connectivity index (χ1) is 16.0. The number of carbonyl (C=O) groups excluding carboxylic acids is 1. The zero-order chi connectivity index (χ0) is 23.4. The standard InChI is InChI=1S/C26H27N3O4/c1-17(19-10-11-24(32-3)25(14-19)33-4)28-26(30)20-8-9-21-15-27-29(23(21)13-20)16-18-6-5-7-22(12-18)31-2/h5-15,17H,16H2,1-4H3,(H,28,30). The molecule has 0 saturated carbocycles. The van der Waals surface area contributed by atoms with Gasteiger partial charge in [0.2, 0.25) is 0 Å². The summed E-state index contributed by atoms with van der Waals surface area (Å²) in [6.07, 6.45) is 1.81. The maximum atomic E-state index is 13.0. The first-order valence-electron chi connectivity index (χ1n) is 10.6. The van der Waals surface area contributed by atoms with Gasteiger partial charge in [0, 0.05) is 10.9 Å². The molecule has 33 heavy (non-hydrogen) atoms. The van der Waals surface area contributed by atoms with Gasteiger partial charge in [0.15, 0.2) is 11.5 Å².